The molecule has 0 aliphatic heterocycles. The monoisotopic (exact) mass is 384 g/mol. The van der Waals surface area contributed by atoms with Crippen molar-refractivity contribution in [3.05, 3.63) is 29.3 Å². The van der Waals surface area contributed by atoms with Crippen molar-refractivity contribution in [3.8, 4) is 0 Å². The minimum atomic E-state index is -3.69. The second-order valence-electron chi connectivity index (χ2n) is 6.31. The summed E-state index contributed by atoms with van der Waals surface area (Å²) in [7, 11) is -3.69. The summed E-state index contributed by atoms with van der Waals surface area (Å²) < 4.78 is 27.0. The molecule has 0 aliphatic rings. The molecule has 26 heavy (non-hydrogen) atoms. The molecule has 1 aromatic rings. The van der Waals surface area contributed by atoms with Gasteiger partial charge in [-0.05, 0) is 38.5 Å². The fourth-order valence-corrected chi connectivity index (χ4v) is 4.40. The summed E-state index contributed by atoms with van der Waals surface area (Å²) in [6.45, 7) is 9.55. The molecule has 0 radical (unpaired) electrons. The minimum absolute atomic E-state index is 0.0673. The van der Waals surface area contributed by atoms with Crippen molar-refractivity contribution in [3.63, 3.8) is 0 Å². The largest absolute Gasteiger partial charge is 0.481 e. The van der Waals surface area contributed by atoms with E-state index in [0.717, 1.165) is 0 Å². The van der Waals surface area contributed by atoms with Crippen molar-refractivity contribution in [1.29, 1.82) is 0 Å². The van der Waals surface area contributed by atoms with Crippen LogP contribution in [0.3, 0.4) is 0 Å². The van der Waals surface area contributed by atoms with Gasteiger partial charge in [0.2, 0.25) is 10.0 Å². The number of aryl methyl sites for hydroxylation is 1. The summed E-state index contributed by atoms with van der Waals surface area (Å²) in [6, 6.07) is 4.38. The molecule has 1 rings (SSSR count). The maximum absolute atomic E-state index is 12.8. The number of carbonyl (C=O) groups is 2. The molecule has 0 heterocycles. The van der Waals surface area contributed by atoms with Crippen molar-refractivity contribution in [2.24, 2.45) is 0 Å². The quantitative estimate of drug-likeness (QED) is 0.705. The van der Waals surface area contributed by atoms with Crippen LogP contribution in [-0.2, 0) is 14.8 Å². The molecule has 0 unspecified atom stereocenters. The van der Waals surface area contributed by atoms with Crippen LogP contribution in [0.2, 0.25) is 0 Å². The molecule has 0 spiro atoms. The third kappa shape index (κ3) is 5.04. The normalized spacial score (nSPS) is 11.8. The van der Waals surface area contributed by atoms with Crippen LogP contribution in [0.25, 0.3) is 0 Å². The molecule has 0 aliphatic carbocycles. The second kappa shape index (κ2) is 9.14. The lowest BCUT2D eigenvalue weighted by atomic mass is 10.1. The molecule has 0 fully saturated rings. The average molecular weight is 384 g/mol. The molecule has 1 N–H and O–H groups in total. The first-order chi connectivity index (χ1) is 12.1. The van der Waals surface area contributed by atoms with Crippen molar-refractivity contribution < 1.29 is 23.1 Å². The summed E-state index contributed by atoms with van der Waals surface area (Å²) in [5, 5.41) is 8.88. The van der Waals surface area contributed by atoms with E-state index in [0.29, 0.717) is 18.7 Å². The van der Waals surface area contributed by atoms with Crippen LogP contribution in [0.4, 0.5) is 0 Å². The minimum Gasteiger partial charge on any atom is -0.481 e. The van der Waals surface area contributed by atoms with Gasteiger partial charge in [0.15, 0.2) is 0 Å². The Labute approximate surface area is 155 Å². The molecular formula is C18H28N2O5S. The predicted octanol–water partition coefficient (Wildman–Crippen LogP) is 2.35. The number of amides is 1. The number of sulfonamides is 1. The number of carboxylic acid groups (broad SMARTS) is 1. The zero-order chi connectivity index (χ0) is 20.1. The Morgan fingerprint density at radius 1 is 1.15 bits per heavy atom. The molecule has 0 saturated carbocycles. The fraction of sp³-hybridized carbons (Fsp3) is 0.556. The van der Waals surface area contributed by atoms with E-state index < -0.39 is 16.0 Å². The lowest BCUT2D eigenvalue weighted by Crippen LogP contribution is -2.38. The van der Waals surface area contributed by atoms with Crippen LogP contribution in [0, 0.1) is 6.92 Å². The number of nitrogens with zero attached hydrogens (tertiary/aromatic N) is 2. The van der Waals surface area contributed by atoms with Gasteiger partial charge in [-0.25, -0.2) is 8.42 Å². The van der Waals surface area contributed by atoms with E-state index in [4.69, 9.17) is 5.11 Å². The van der Waals surface area contributed by atoms with Gasteiger partial charge in [0.1, 0.15) is 0 Å². The topological polar surface area (TPSA) is 95.0 Å². The second-order valence-corrected chi connectivity index (χ2v) is 8.21. The maximum atomic E-state index is 12.8. The van der Waals surface area contributed by atoms with E-state index in [1.165, 1.54) is 15.3 Å². The number of carbonyl (C=O) groups excluding carboxylic acids is 1. The Hall–Kier alpha value is -1.93. The summed E-state index contributed by atoms with van der Waals surface area (Å²) >= 11 is 0. The molecule has 146 valence electrons. The number of aliphatic carboxylic acids is 1. The molecule has 0 aromatic heterocycles. The van der Waals surface area contributed by atoms with Gasteiger partial charge in [0.25, 0.3) is 5.91 Å². The number of rotatable bonds is 9. The summed E-state index contributed by atoms with van der Waals surface area (Å²) in [5.74, 6) is -1.37. The lowest BCUT2D eigenvalue weighted by molar-refractivity contribution is -0.137. The van der Waals surface area contributed by atoms with Gasteiger partial charge >= 0.3 is 5.97 Å². The van der Waals surface area contributed by atoms with Crippen LogP contribution in [0.15, 0.2) is 23.1 Å². The number of hydrogen-bond acceptors (Lipinski definition) is 4. The number of carboxylic acids is 1. The fourth-order valence-electron chi connectivity index (χ4n) is 2.69. The third-order valence-corrected chi connectivity index (χ3v) is 6.40. The highest BCUT2D eigenvalue weighted by atomic mass is 32.2. The zero-order valence-corrected chi connectivity index (χ0v) is 16.8. The van der Waals surface area contributed by atoms with E-state index in [9.17, 15) is 18.0 Å². The lowest BCUT2D eigenvalue weighted by Gasteiger charge is -2.27. The molecule has 1 aromatic carbocycles. The first kappa shape index (κ1) is 22.1. The van der Waals surface area contributed by atoms with Crippen molar-refractivity contribution >= 4 is 21.9 Å². The smallest absolute Gasteiger partial charge is 0.305 e. The molecule has 0 bridgehead atoms. The molecule has 0 saturated heterocycles. The Bertz CT molecular complexity index is 755. The van der Waals surface area contributed by atoms with Crippen LogP contribution in [0.5, 0.6) is 0 Å². The standard InChI is InChI=1S/C18H28N2O5S/c1-6-19(7-2)26(24,25)16-12-15(9-8-14(16)5)18(23)20(13(3)4)11-10-17(21)22/h8-9,12-13H,6-7,10-11H2,1-5H3,(H,21,22). The van der Waals surface area contributed by atoms with Crippen molar-refractivity contribution in [2.45, 2.75) is 52.0 Å². The van der Waals surface area contributed by atoms with Gasteiger partial charge < -0.3 is 10.0 Å². The van der Waals surface area contributed by atoms with E-state index in [1.807, 2.05) is 0 Å². The van der Waals surface area contributed by atoms with Crippen molar-refractivity contribution in [1.82, 2.24) is 9.21 Å². The van der Waals surface area contributed by atoms with Gasteiger partial charge in [0, 0.05) is 31.2 Å². The Morgan fingerprint density at radius 2 is 1.73 bits per heavy atom. The van der Waals surface area contributed by atoms with Gasteiger partial charge in [-0.1, -0.05) is 19.9 Å². The van der Waals surface area contributed by atoms with Crippen LogP contribution >= 0.6 is 0 Å². The zero-order valence-electron chi connectivity index (χ0n) is 16.0. The Morgan fingerprint density at radius 3 is 2.19 bits per heavy atom. The van der Waals surface area contributed by atoms with Crippen LogP contribution in [-0.4, -0.2) is 60.3 Å². The number of benzene rings is 1. The molecule has 8 heteroatoms. The molecule has 7 nitrogen and oxygen atoms in total. The predicted molar refractivity (Wildman–Crippen MR) is 99.7 cm³/mol. The van der Waals surface area contributed by atoms with Gasteiger partial charge in [-0.15, -0.1) is 0 Å². The first-order valence-corrected chi connectivity index (χ1v) is 10.1. The van der Waals surface area contributed by atoms with Gasteiger partial charge in [-0.3, -0.25) is 9.59 Å². The highest BCUT2D eigenvalue weighted by molar-refractivity contribution is 7.89. The van der Waals surface area contributed by atoms with Gasteiger partial charge in [-0.2, -0.15) is 4.31 Å². The van der Waals surface area contributed by atoms with E-state index in [2.05, 4.69) is 0 Å². The van der Waals surface area contributed by atoms with Crippen molar-refractivity contribution in [2.75, 3.05) is 19.6 Å². The highest BCUT2D eigenvalue weighted by Gasteiger charge is 2.26. The summed E-state index contributed by atoms with van der Waals surface area (Å²) in [4.78, 5) is 25.2. The molecule has 1 amide bonds. The number of hydrogen-bond donors (Lipinski definition) is 1. The Kier molecular flexibility index (Phi) is 7.77. The van der Waals surface area contributed by atoms with E-state index in [-0.39, 0.29) is 35.4 Å². The molecule has 0 atom stereocenters. The average Bonchev–Trinajstić information content (AvgIpc) is 2.55. The maximum Gasteiger partial charge on any atom is 0.305 e. The highest BCUT2D eigenvalue weighted by Crippen LogP contribution is 2.22. The van der Waals surface area contributed by atoms with E-state index >= 15 is 0 Å². The third-order valence-electron chi connectivity index (χ3n) is 4.21. The summed E-state index contributed by atoms with van der Waals surface area (Å²) in [5.41, 5.74) is 0.801. The molecular weight excluding hydrogens is 356 g/mol. The summed E-state index contributed by atoms with van der Waals surface area (Å²) in [6.07, 6.45) is -0.166. The SMILES string of the molecule is CCN(CC)S(=O)(=O)c1cc(C(=O)N(CCC(=O)O)C(C)C)ccc1C. The Balaban J connectivity index is 3.30. The van der Waals surface area contributed by atoms with Crippen LogP contribution in [0.1, 0.15) is 50.0 Å². The first-order valence-electron chi connectivity index (χ1n) is 8.69. The van der Waals surface area contributed by atoms with E-state index in [1.54, 1.807) is 46.8 Å². The van der Waals surface area contributed by atoms with Crippen LogP contribution < -0.4 is 0 Å². The van der Waals surface area contributed by atoms with Gasteiger partial charge in [0.05, 0.1) is 11.3 Å².